The minimum atomic E-state index is -0.225. The highest BCUT2D eigenvalue weighted by molar-refractivity contribution is 6.18. The summed E-state index contributed by atoms with van der Waals surface area (Å²) in [6, 6.07) is 25.2. The van der Waals surface area contributed by atoms with E-state index in [-0.39, 0.29) is 39.0 Å². The van der Waals surface area contributed by atoms with E-state index in [1.807, 2.05) is 5.98 Å². The first kappa shape index (κ1) is 52.1. The monoisotopic (exact) mass is 1030 g/mol. The first-order valence-electron chi connectivity index (χ1n) is 30.2. The highest BCUT2D eigenvalue weighted by Gasteiger charge is 2.61. The van der Waals surface area contributed by atoms with E-state index in [1.165, 1.54) is 83.3 Å². The first-order chi connectivity index (χ1) is 37.7. The number of hydrogen-bond acceptors (Lipinski definition) is 1. The van der Waals surface area contributed by atoms with Crippen LogP contribution < -0.4 is 0 Å². The van der Waals surface area contributed by atoms with Gasteiger partial charge in [-0.05, 0) is 207 Å². The number of rotatable bonds is 6. The van der Waals surface area contributed by atoms with Gasteiger partial charge in [-0.25, -0.2) is 0 Å². The van der Waals surface area contributed by atoms with Gasteiger partial charge < -0.3 is 9.47 Å². The van der Waals surface area contributed by atoms with Crippen molar-refractivity contribution >= 4 is 29.7 Å². The minimum absolute atomic E-state index is 0.0651. The molecule has 0 aliphatic heterocycles. The van der Waals surface area contributed by atoms with E-state index in [9.17, 15) is 0 Å². The van der Waals surface area contributed by atoms with Crippen molar-refractivity contribution in [1.82, 2.24) is 9.47 Å². The zero-order valence-electron chi connectivity index (χ0n) is 49.6. The number of para-hydroxylation sites is 1. The molecule has 1 aromatic heterocycles. The molecule has 2 nitrogen and oxygen atoms in total. The average Bonchev–Trinajstić information content (AvgIpc) is 1.84. The van der Waals surface area contributed by atoms with Crippen LogP contribution in [0.3, 0.4) is 0 Å². The summed E-state index contributed by atoms with van der Waals surface area (Å²) < 4.78 is 2.45. The van der Waals surface area contributed by atoms with Crippen LogP contribution in [0.4, 0.5) is 0 Å². The van der Waals surface area contributed by atoms with E-state index in [2.05, 4.69) is 232 Å². The number of aromatic nitrogens is 1. The quantitative estimate of drug-likeness (QED) is 0.175. The summed E-state index contributed by atoms with van der Waals surface area (Å²) in [7, 11) is 6.71. The van der Waals surface area contributed by atoms with Gasteiger partial charge in [0.15, 0.2) is 0 Å². The second-order valence-electron chi connectivity index (χ2n) is 28.3. The molecule has 0 fully saturated rings. The Bertz CT molecular complexity index is 3720. The van der Waals surface area contributed by atoms with Gasteiger partial charge in [0.25, 0.3) is 0 Å². The molecule has 0 N–H and O–H groups in total. The van der Waals surface area contributed by atoms with Crippen molar-refractivity contribution in [3.63, 3.8) is 0 Å². The predicted molar refractivity (Wildman–Crippen MR) is 336 cm³/mol. The molecule has 0 amide bonds. The normalized spacial score (nSPS) is 25.3. The summed E-state index contributed by atoms with van der Waals surface area (Å²) in [5.41, 5.74) is 29.0. The summed E-state index contributed by atoms with van der Waals surface area (Å²) in [6.07, 6.45) is 40.1. The van der Waals surface area contributed by atoms with Crippen molar-refractivity contribution in [3.05, 3.63) is 240 Å². The van der Waals surface area contributed by atoms with Gasteiger partial charge in [-0.2, -0.15) is 0 Å². The maximum atomic E-state index is 6.71. The molecule has 400 valence electrons. The van der Waals surface area contributed by atoms with Crippen LogP contribution in [0, 0.1) is 39.9 Å². The molecule has 0 saturated carbocycles. The Hall–Kier alpha value is -6.32. The number of allylic oxidation sites excluding steroid dienone is 23. The summed E-state index contributed by atoms with van der Waals surface area (Å²) in [6.45, 7) is 30.4. The SMILES string of the molecule is [B]/C=C1/C2=C(C=CCC2)C(C)(C)/C1=C/CN(C1=CCC(c2ccc3c(c2)c2ccc(C)cc2n3-c2ccccc2)C=C1)C1C=C(C(C)(C)C)C2=C(C1)C1(C3=C(C=CCC3)C3=C1CCC=C3)C1=C2C=C(C(C)(C)C)CC1C(C)(C)C. The largest absolute Gasteiger partial charge is 0.361 e. The maximum absolute atomic E-state index is 6.71. The number of hydrogen-bond donors (Lipinski definition) is 0. The smallest absolute Gasteiger partial charge is 0.103 e. The van der Waals surface area contributed by atoms with Gasteiger partial charge in [0, 0.05) is 40.0 Å². The third-order valence-electron chi connectivity index (χ3n) is 20.2. The van der Waals surface area contributed by atoms with Gasteiger partial charge in [0.05, 0.1) is 22.5 Å². The Balaban J connectivity index is 0.968. The van der Waals surface area contributed by atoms with Crippen LogP contribution in [-0.4, -0.2) is 29.9 Å². The number of fused-ring (bicyclic) bond motifs is 9. The lowest BCUT2D eigenvalue weighted by Gasteiger charge is -2.49. The highest BCUT2D eigenvalue weighted by Crippen LogP contribution is 2.72. The fourth-order valence-electron chi connectivity index (χ4n) is 16.3. The summed E-state index contributed by atoms with van der Waals surface area (Å²) >= 11 is 0. The zero-order chi connectivity index (χ0) is 55.1. The van der Waals surface area contributed by atoms with E-state index in [0.717, 1.165) is 64.3 Å². The summed E-state index contributed by atoms with van der Waals surface area (Å²) in [4.78, 5) is 2.83. The molecule has 9 aliphatic carbocycles. The summed E-state index contributed by atoms with van der Waals surface area (Å²) in [5.74, 6) is 2.59. The molecular weight excluding hydrogens is 952 g/mol. The molecule has 2 radical (unpaired) electrons. The summed E-state index contributed by atoms with van der Waals surface area (Å²) in [5, 5.41) is 2.63. The van der Waals surface area contributed by atoms with E-state index in [1.54, 1.807) is 39.0 Å². The maximum Gasteiger partial charge on any atom is 0.103 e. The Kier molecular flexibility index (Phi) is 12.3. The van der Waals surface area contributed by atoms with Crippen molar-refractivity contribution in [2.45, 2.75) is 153 Å². The predicted octanol–water partition coefficient (Wildman–Crippen LogP) is 19.7. The number of benzene rings is 3. The van der Waals surface area contributed by atoms with Gasteiger partial charge in [0.2, 0.25) is 0 Å². The van der Waals surface area contributed by atoms with Crippen molar-refractivity contribution in [3.8, 4) is 5.69 Å². The molecule has 4 aromatic rings. The number of nitrogens with zero attached hydrogens (tertiary/aromatic N) is 2. The average molecular weight is 1040 g/mol. The fourth-order valence-corrected chi connectivity index (χ4v) is 16.3. The van der Waals surface area contributed by atoms with E-state index >= 15 is 0 Å². The molecule has 3 heteroatoms. The second-order valence-corrected chi connectivity index (χ2v) is 28.3. The Morgan fingerprint density at radius 2 is 1.43 bits per heavy atom. The van der Waals surface area contributed by atoms with Crippen LogP contribution in [0.1, 0.15) is 151 Å². The highest BCUT2D eigenvalue weighted by atomic mass is 15.2. The van der Waals surface area contributed by atoms with Crippen molar-refractivity contribution < 1.29 is 0 Å². The first-order valence-corrected chi connectivity index (χ1v) is 30.2. The van der Waals surface area contributed by atoms with Crippen LogP contribution in [0.2, 0.25) is 0 Å². The molecule has 0 bridgehead atoms. The van der Waals surface area contributed by atoms with Gasteiger partial charge in [0.1, 0.15) is 7.85 Å². The minimum Gasteiger partial charge on any atom is -0.361 e. The van der Waals surface area contributed by atoms with Crippen molar-refractivity contribution in [2.75, 3.05) is 6.54 Å². The van der Waals surface area contributed by atoms with Crippen LogP contribution in [-0.2, 0) is 0 Å². The van der Waals surface area contributed by atoms with Crippen LogP contribution >= 0.6 is 0 Å². The standard InChI is InChI=1S/C76H83BN2/c1-47-30-36-57-58-41-49(33-37-68(58)79(69(57)40-47)52-22-14-13-15-23-52)48-31-34-51(35-32-48)78(39-38-62-60(46-77)56-26-16-19-27-61(56)75(62,11)12)53-44-65(73(5,6)7)70-59-42-50(72(2,3)4)43-67(74(8,9)10)71(59)76(66(70)45-53)63-28-20-17-24-54(63)55-25-18-21-29-64(55)76/h13-15,17-19,22-25,27,30-31,33-38,40-42,44,46,48,53,67H,16,20-21,26,28-29,32,39,43,45H2,1-12H3/b60-46-,62-38+. The van der Waals surface area contributed by atoms with Gasteiger partial charge in [-0.1, -0.05) is 185 Å². The molecule has 3 aromatic carbocycles. The molecule has 1 heterocycles. The van der Waals surface area contributed by atoms with Gasteiger partial charge in [-0.3, -0.25) is 0 Å². The number of aryl methyl sites for hydroxylation is 1. The van der Waals surface area contributed by atoms with E-state index in [0.29, 0.717) is 5.92 Å². The van der Waals surface area contributed by atoms with Crippen molar-refractivity contribution in [1.29, 1.82) is 0 Å². The molecule has 3 unspecified atom stereocenters. The molecule has 13 rings (SSSR count). The Morgan fingerprint density at radius 3 is 2.09 bits per heavy atom. The molecule has 3 atom stereocenters. The van der Waals surface area contributed by atoms with Crippen molar-refractivity contribution in [2.24, 2.45) is 33.0 Å². The van der Waals surface area contributed by atoms with Gasteiger partial charge >= 0.3 is 0 Å². The second kappa shape index (κ2) is 18.6. The molecule has 0 saturated heterocycles. The van der Waals surface area contributed by atoms with E-state index in [4.69, 9.17) is 7.85 Å². The fraction of sp³-hybridized carbons (Fsp3) is 0.395. The lowest BCUT2D eigenvalue weighted by molar-refractivity contribution is 0.236. The zero-order valence-corrected chi connectivity index (χ0v) is 49.6. The lowest BCUT2D eigenvalue weighted by Crippen LogP contribution is -2.41. The molecule has 1 spiro atoms. The van der Waals surface area contributed by atoms with Crippen LogP contribution in [0.15, 0.2) is 229 Å². The molecular formula is C76H83BN2. The lowest BCUT2D eigenvalue weighted by atomic mass is 9.55. The van der Waals surface area contributed by atoms with Gasteiger partial charge in [-0.15, -0.1) is 5.98 Å². The third-order valence-corrected chi connectivity index (χ3v) is 20.2. The molecule has 79 heavy (non-hydrogen) atoms. The third kappa shape index (κ3) is 8.07. The van der Waals surface area contributed by atoms with Crippen LogP contribution in [0.5, 0.6) is 0 Å². The van der Waals surface area contributed by atoms with E-state index < -0.39 is 0 Å². The molecule has 9 aliphatic rings. The Morgan fingerprint density at radius 1 is 0.722 bits per heavy atom. The van der Waals surface area contributed by atoms with Crippen LogP contribution in [0.25, 0.3) is 27.5 Å². The topological polar surface area (TPSA) is 8.17 Å². The Labute approximate surface area is 475 Å².